The maximum atomic E-state index is 11.2. The number of nitrogens with one attached hydrogen (secondary N) is 1. The van der Waals surface area contributed by atoms with E-state index in [1.54, 1.807) is 24.3 Å². The van der Waals surface area contributed by atoms with Gasteiger partial charge in [0.2, 0.25) is 0 Å². The van der Waals surface area contributed by atoms with E-state index < -0.39 is 5.91 Å². The summed E-state index contributed by atoms with van der Waals surface area (Å²) in [7, 11) is 1.48. The molecule has 0 aliphatic carbocycles. The summed E-state index contributed by atoms with van der Waals surface area (Å²) in [6, 6.07) is 8.71. The second-order valence-corrected chi connectivity index (χ2v) is 3.24. The molecule has 0 bridgehead atoms. The molecule has 0 aliphatic heterocycles. The first-order chi connectivity index (χ1) is 7.17. The zero-order chi connectivity index (χ0) is 11.3. The lowest BCUT2D eigenvalue weighted by Gasteiger charge is -1.97. The third-order valence-corrected chi connectivity index (χ3v) is 2.03. The molecule has 0 unspecified atom stereocenters. The molecule has 4 heteroatoms. The Labute approximate surface area is 93.0 Å². The highest BCUT2D eigenvalue weighted by Gasteiger charge is 2.05. The van der Waals surface area contributed by atoms with Gasteiger partial charge < -0.3 is 5.32 Å². The minimum Gasteiger partial charge on any atom is -0.354 e. The number of carbonyl (C=O) groups is 1. The second-order valence-electron chi connectivity index (χ2n) is 2.80. The number of hydrogen-bond donors (Lipinski definition) is 1. The normalized spacial score (nSPS) is 10.6. The van der Waals surface area contributed by atoms with Crippen LogP contribution >= 0.6 is 11.6 Å². The number of nitrogens with zero attached hydrogens (tertiary/aromatic N) is 1. The Bertz CT molecular complexity index is 429. The van der Waals surface area contributed by atoms with Gasteiger partial charge in [-0.25, -0.2) is 0 Å². The van der Waals surface area contributed by atoms with E-state index in [1.165, 1.54) is 13.1 Å². The maximum Gasteiger partial charge on any atom is 0.261 e. The summed E-state index contributed by atoms with van der Waals surface area (Å²) < 4.78 is 0. The summed E-state index contributed by atoms with van der Waals surface area (Å²) in [4.78, 5) is 11.2. The van der Waals surface area contributed by atoms with E-state index in [2.05, 4.69) is 5.32 Å². The summed E-state index contributed by atoms with van der Waals surface area (Å²) in [5.41, 5.74) is 0.833. The number of nitriles is 1. The Morgan fingerprint density at radius 3 is 2.53 bits per heavy atom. The van der Waals surface area contributed by atoms with Gasteiger partial charge in [0.15, 0.2) is 0 Å². The summed E-state index contributed by atoms with van der Waals surface area (Å²) in [5, 5.41) is 11.7. The van der Waals surface area contributed by atoms with Crippen LogP contribution in [-0.2, 0) is 4.79 Å². The molecule has 1 rings (SSSR count). The lowest BCUT2D eigenvalue weighted by Crippen LogP contribution is -2.19. The minimum absolute atomic E-state index is 0.0693. The van der Waals surface area contributed by atoms with E-state index in [-0.39, 0.29) is 5.57 Å². The Kier molecular flexibility index (Phi) is 3.90. The molecule has 1 aromatic carbocycles. The van der Waals surface area contributed by atoms with E-state index in [0.717, 1.165) is 5.56 Å². The molecule has 0 saturated carbocycles. The fourth-order valence-corrected chi connectivity index (χ4v) is 1.13. The third kappa shape index (κ3) is 3.12. The molecular weight excluding hydrogens is 212 g/mol. The zero-order valence-corrected chi connectivity index (χ0v) is 8.88. The average Bonchev–Trinajstić information content (AvgIpc) is 2.27. The van der Waals surface area contributed by atoms with E-state index >= 15 is 0 Å². The van der Waals surface area contributed by atoms with E-state index in [0.29, 0.717) is 5.02 Å². The van der Waals surface area contributed by atoms with Crippen molar-refractivity contribution < 1.29 is 4.79 Å². The van der Waals surface area contributed by atoms with Crippen LogP contribution in [-0.4, -0.2) is 13.0 Å². The number of rotatable bonds is 2. The van der Waals surface area contributed by atoms with Crippen molar-refractivity contribution in [3.63, 3.8) is 0 Å². The number of hydrogen-bond acceptors (Lipinski definition) is 2. The van der Waals surface area contributed by atoms with Crippen LogP contribution in [0.2, 0.25) is 5.02 Å². The van der Waals surface area contributed by atoms with Gasteiger partial charge in [-0.3, -0.25) is 4.79 Å². The lowest BCUT2D eigenvalue weighted by molar-refractivity contribution is -0.116. The second kappa shape index (κ2) is 5.18. The third-order valence-electron chi connectivity index (χ3n) is 1.77. The Morgan fingerprint density at radius 1 is 1.47 bits per heavy atom. The van der Waals surface area contributed by atoms with E-state index in [1.807, 2.05) is 6.07 Å². The van der Waals surface area contributed by atoms with Crippen molar-refractivity contribution in [2.75, 3.05) is 7.05 Å². The van der Waals surface area contributed by atoms with Gasteiger partial charge in [0.05, 0.1) is 0 Å². The Morgan fingerprint density at radius 2 is 2.07 bits per heavy atom. The Hall–Kier alpha value is -1.79. The fourth-order valence-electron chi connectivity index (χ4n) is 1.01. The number of carbonyl (C=O) groups excluding carboxylic acids is 1. The van der Waals surface area contributed by atoms with Gasteiger partial charge in [-0.15, -0.1) is 0 Å². The highest BCUT2D eigenvalue weighted by atomic mass is 35.5. The molecular formula is C11H9ClN2O. The molecule has 0 fully saturated rings. The molecule has 0 aromatic heterocycles. The quantitative estimate of drug-likeness (QED) is 0.612. The van der Waals surface area contributed by atoms with Crippen molar-refractivity contribution in [1.82, 2.24) is 5.32 Å². The van der Waals surface area contributed by atoms with Crippen LogP contribution in [0.25, 0.3) is 6.08 Å². The molecule has 0 atom stereocenters. The first-order valence-electron chi connectivity index (χ1n) is 4.27. The topological polar surface area (TPSA) is 52.9 Å². The molecule has 1 aromatic rings. The van der Waals surface area contributed by atoms with Crippen LogP contribution in [0, 0.1) is 11.3 Å². The smallest absolute Gasteiger partial charge is 0.261 e. The SMILES string of the molecule is CNC(=O)/C(C#N)=C\c1ccc(Cl)cc1. The summed E-state index contributed by atoms with van der Waals surface area (Å²) >= 11 is 5.71. The van der Waals surface area contributed by atoms with Gasteiger partial charge in [-0.1, -0.05) is 23.7 Å². The predicted octanol–water partition coefficient (Wildman–Crippen LogP) is 1.99. The lowest BCUT2D eigenvalue weighted by atomic mass is 10.1. The molecule has 1 N–H and O–H groups in total. The summed E-state index contributed by atoms with van der Waals surface area (Å²) in [6.07, 6.45) is 1.51. The van der Waals surface area contributed by atoms with Gasteiger partial charge in [0.25, 0.3) is 5.91 Å². The van der Waals surface area contributed by atoms with Crippen molar-refractivity contribution in [3.05, 3.63) is 40.4 Å². The van der Waals surface area contributed by atoms with Crippen LogP contribution in [0.3, 0.4) is 0 Å². The van der Waals surface area contributed by atoms with Crippen LogP contribution in [0.1, 0.15) is 5.56 Å². The van der Waals surface area contributed by atoms with Gasteiger partial charge in [0.1, 0.15) is 11.6 Å². The highest BCUT2D eigenvalue weighted by molar-refractivity contribution is 6.30. The maximum absolute atomic E-state index is 11.2. The Balaban J connectivity index is 3.00. The first kappa shape index (κ1) is 11.3. The van der Waals surface area contributed by atoms with Crippen LogP contribution in [0.15, 0.2) is 29.8 Å². The molecule has 0 radical (unpaired) electrons. The highest BCUT2D eigenvalue weighted by Crippen LogP contribution is 2.12. The first-order valence-corrected chi connectivity index (χ1v) is 4.64. The van der Waals surface area contributed by atoms with Crippen LogP contribution < -0.4 is 5.32 Å². The molecule has 76 valence electrons. The van der Waals surface area contributed by atoms with Crippen LogP contribution in [0.4, 0.5) is 0 Å². The number of amides is 1. The number of halogens is 1. The van der Waals surface area contributed by atoms with Gasteiger partial charge in [-0.05, 0) is 23.8 Å². The summed E-state index contributed by atoms with van der Waals surface area (Å²) in [5.74, 6) is -0.396. The number of benzene rings is 1. The van der Waals surface area contributed by atoms with Crippen molar-refractivity contribution in [2.24, 2.45) is 0 Å². The van der Waals surface area contributed by atoms with Crippen molar-refractivity contribution in [3.8, 4) is 6.07 Å². The number of likely N-dealkylation sites (N-methyl/N-ethyl adjacent to an activating group) is 1. The zero-order valence-electron chi connectivity index (χ0n) is 8.12. The molecule has 0 aliphatic rings. The molecule has 1 amide bonds. The van der Waals surface area contributed by atoms with Crippen molar-refractivity contribution in [2.45, 2.75) is 0 Å². The molecule has 0 saturated heterocycles. The van der Waals surface area contributed by atoms with Crippen molar-refractivity contribution >= 4 is 23.6 Å². The van der Waals surface area contributed by atoms with E-state index in [4.69, 9.17) is 16.9 Å². The minimum atomic E-state index is -0.396. The van der Waals surface area contributed by atoms with E-state index in [9.17, 15) is 4.79 Å². The predicted molar refractivity (Wildman–Crippen MR) is 59.1 cm³/mol. The molecule has 3 nitrogen and oxygen atoms in total. The van der Waals surface area contributed by atoms with Gasteiger partial charge in [0, 0.05) is 12.1 Å². The molecule has 15 heavy (non-hydrogen) atoms. The van der Waals surface area contributed by atoms with Gasteiger partial charge in [-0.2, -0.15) is 5.26 Å². The monoisotopic (exact) mass is 220 g/mol. The average molecular weight is 221 g/mol. The standard InChI is InChI=1S/C11H9ClN2O/c1-14-11(15)9(7-13)6-8-2-4-10(12)5-3-8/h2-6H,1H3,(H,14,15)/b9-6-. The molecule has 0 heterocycles. The van der Waals surface area contributed by atoms with Crippen molar-refractivity contribution in [1.29, 1.82) is 5.26 Å². The van der Waals surface area contributed by atoms with Gasteiger partial charge >= 0.3 is 0 Å². The summed E-state index contributed by atoms with van der Waals surface area (Å²) in [6.45, 7) is 0. The van der Waals surface area contributed by atoms with Crippen LogP contribution in [0.5, 0.6) is 0 Å². The fraction of sp³-hybridized carbons (Fsp3) is 0.0909. The molecule has 0 spiro atoms. The largest absolute Gasteiger partial charge is 0.354 e.